The summed E-state index contributed by atoms with van der Waals surface area (Å²) < 4.78 is 18.0. The van der Waals surface area contributed by atoms with Gasteiger partial charge in [-0.25, -0.2) is 9.18 Å². The van der Waals surface area contributed by atoms with Crippen LogP contribution in [0.1, 0.15) is 17.9 Å². The molecule has 0 bridgehead atoms. The van der Waals surface area contributed by atoms with Gasteiger partial charge in [-0.1, -0.05) is 12.1 Å². The Hall–Kier alpha value is -1.95. The van der Waals surface area contributed by atoms with Crippen molar-refractivity contribution in [2.45, 2.75) is 18.4 Å². The molecule has 1 aliphatic carbocycles. The Labute approximate surface area is 121 Å². The van der Waals surface area contributed by atoms with Gasteiger partial charge in [0.05, 0.1) is 13.2 Å². The van der Waals surface area contributed by atoms with Crippen LogP contribution in [0.2, 0.25) is 0 Å². The van der Waals surface area contributed by atoms with Gasteiger partial charge in [0.1, 0.15) is 5.82 Å². The largest absolute Gasteiger partial charge is 0.480 e. The summed E-state index contributed by atoms with van der Waals surface area (Å²) in [6.45, 7) is 0.709. The first kappa shape index (κ1) is 14.0. The van der Waals surface area contributed by atoms with E-state index in [1.54, 1.807) is 12.1 Å². The van der Waals surface area contributed by atoms with Crippen molar-refractivity contribution in [3.63, 3.8) is 0 Å². The number of aliphatic carboxylic acids is 1. The molecule has 1 N–H and O–H groups in total. The van der Waals surface area contributed by atoms with Crippen molar-refractivity contribution < 1.29 is 23.8 Å². The summed E-state index contributed by atoms with van der Waals surface area (Å²) in [5.74, 6) is -1.62. The van der Waals surface area contributed by atoms with E-state index in [1.807, 2.05) is 0 Å². The maximum Gasteiger partial charge on any atom is 0.328 e. The second kappa shape index (κ2) is 5.44. The van der Waals surface area contributed by atoms with Crippen LogP contribution in [0.3, 0.4) is 0 Å². The fourth-order valence-corrected chi connectivity index (χ4v) is 2.83. The quantitative estimate of drug-likeness (QED) is 0.910. The summed E-state index contributed by atoms with van der Waals surface area (Å²) in [4.78, 5) is 25.0. The van der Waals surface area contributed by atoms with E-state index in [2.05, 4.69) is 0 Å². The number of carbonyl (C=O) groups excluding carboxylic acids is 1. The summed E-state index contributed by atoms with van der Waals surface area (Å²) >= 11 is 0. The topological polar surface area (TPSA) is 66.8 Å². The number of hydrogen-bond acceptors (Lipinski definition) is 3. The number of carboxylic acid groups (broad SMARTS) is 1. The highest BCUT2D eigenvalue weighted by Crippen LogP contribution is 2.48. The van der Waals surface area contributed by atoms with E-state index >= 15 is 0 Å². The minimum absolute atomic E-state index is 0.0367. The number of benzene rings is 1. The van der Waals surface area contributed by atoms with Crippen molar-refractivity contribution in [1.29, 1.82) is 0 Å². The van der Waals surface area contributed by atoms with Gasteiger partial charge in [-0.2, -0.15) is 0 Å². The molecular formula is C15H16FNO4. The maximum absolute atomic E-state index is 12.9. The Morgan fingerprint density at radius 1 is 1.29 bits per heavy atom. The molecule has 21 heavy (non-hydrogen) atoms. The highest BCUT2D eigenvalue weighted by atomic mass is 19.1. The predicted octanol–water partition coefficient (Wildman–Crippen LogP) is 1.24. The Kier molecular flexibility index (Phi) is 3.63. The van der Waals surface area contributed by atoms with Crippen molar-refractivity contribution in [2.75, 3.05) is 19.8 Å². The van der Waals surface area contributed by atoms with Crippen LogP contribution in [0.4, 0.5) is 4.39 Å². The highest BCUT2D eigenvalue weighted by molar-refractivity contribution is 5.88. The lowest BCUT2D eigenvalue weighted by Gasteiger charge is -2.33. The summed E-state index contributed by atoms with van der Waals surface area (Å²) in [5, 5.41) is 9.16. The summed E-state index contributed by atoms with van der Waals surface area (Å²) in [7, 11) is 0. The molecule has 6 heteroatoms. The fraction of sp³-hybridized carbons (Fsp3) is 0.467. The van der Waals surface area contributed by atoms with Crippen molar-refractivity contribution in [3.05, 3.63) is 35.6 Å². The van der Waals surface area contributed by atoms with Gasteiger partial charge in [-0.05, 0) is 30.0 Å². The van der Waals surface area contributed by atoms with E-state index in [4.69, 9.17) is 9.84 Å². The number of nitrogens with zero attached hydrogens (tertiary/aromatic N) is 1. The molecule has 1 aromatic rings. The van der Waals surface area contributed by atoms with Crippen molar-refractivity contribution in [2.24, 2.45) is 5.92 Å². The molecule has 0 spiro atoms. The first-order chi connectivity index (χ1) is 10.1. The van der Waals surface area contributed by atoms with Crippen molar-refractivity contribution in [1.82, 2.24) is 4.90 Å². The normalized spacial score (nSPS) is 28.2. The van der Waals surface area contributed by atoms with Crippen LogP contribution < -0.4 is 0 Å². The molecule has 1 saturated carbocycles. The molecule has 0 radical (unpaired) electrons. The van der Waals surface area contributed by atoms with E-state index in [9.17, 15) is 14.0 Å². The van der Waals surface area contributed by atoms with Gasteiger partial charge in [0.2, 0.25) is 5.91 Å². The van der Waals surface area contributed by atoms with Crippen LogP contribution in [0.25, 0.3) is 0 Å². The maximum atomic E-state index is 12.9. The fourth-order valence-electron chi connectivity index (χ4n) is 2.83. The third-order valence-electron chi connectivity index (χ3n) is 4.10. The third kappa shape index (κ3) is 2.76. The van der Waals surface area contributed by atoms with Crippen LogP contribution in [0.5, 0.6) is 0 Å². The minimum Gasteiger partial charge on any atom is -0.480 e. The van der Waals surface area contributed by atoms with Gasteiger partial charge < -0.3 is 14.7 Å². The molecule has 0 unspecified atom stereocenters. The second-order valence-corrected chi connectivity index (χ2v) is 5.46. The zero-order chi connectivity index (χ0) is 15.0. The number of ether oxygens (including phenoxy) is 1. The van der Waals surface area contributed by atoms with Crippen LogP contribution >= 0.6 is 0 Å². The number of halogens is 1. The lowest BCUT2D eigenvalue weighted by atomic mass is 10.1. The SMILES string of the molecule is O=C(O)[C@@H]1COCCN1C(=O)[C@@H]1C[C@H]1c1ccc(F)cc1. The lowest BCUT2D eigenvalue weighted by Crippen LogP contribution is -2.53. The molecule has 112 valence electrons. The molecule has 1 aromatic carbocycles. The Morgan fingerprint density at radius 2 is 2.00 bits per heavy atom. The smallest absolute Gasteiger partial charge is 0.328 e. The average molecular weight is 293 g/mol. The predicted molar refractivity (Wildman–Crippen MR) is 71.2 cm³/mol. The monoisotopic (exact) mass is 293 g/mol. The zero-order valence-electron chi connectivity index (χ0n) is 11.4. The van der Waals surface area contributed by atoms with Gasteiger partial charge >= 0.3 is 5.97 Å². The van der Waals surface area contributed by atoms with Crippen molar-refractivity contribution >= 4 is 11.9 Å². The molecule has 3 atom stereocenters. The molecule has 0 aromatic heterocycles. The number of hydrogen-bond donors (Lipinski definition) is 1. The molecule has 5 nitrogen and oxygen atoms in total. The van der Waals surface area contributed by atoms with E-state index < -0.39 is 12.0 Å². The number of rotatable bonds is 3. The standard InChI is InChI=1S/C15H16FNO4/c16-10-3-1-9(2-4-10)11-7-12(11)14(18)17-5-6-21-8-13(17)15(19)20/h1-4,11-13H,5-8H2,(H,19,20)/t11-,12+,13-/m0/s1. The summed E-state index contributed by atoms with van der Waals surface area (Å²) in [5.41, 5.74) is 0.926. The molecule has 1 saturated heterocycles. The Morgan fingerprint density at radius 3 is 2.67 bits per heavy atom. The van der Waals surface area contributed by atoms with Crippen LogP contribution in [-0.2, 0) is 14.3 Å². The molecule has 1 aliphatic heterocycles. The van der Waals surface area contributed by atoms with E-state index in [-0.39, 0.29) is 30.2 Å². The first-order valence-corrected chi connectivity index (χ1v) is 6.94. The summed E-state index contributed by atoms with van der Waals surface area (Å²) in [6, 6.07) is 5.22. The van der Waals surface area contributed by atoms with Gasteiger partial charge in [-0.3, -0.25) is 4.79 Å². The molecule has 3 rings (SSSR count). The lowest BCUT2D eigenvalue weighted by molar-refractivity contribution is -0.158. The molecular weight excluding hydrogens is 277 g/mol. The molecule has 2 fully saturated rings. The minimum atomic E-state index is -1.04. The molecule has 1 heterocycles. The van der Waals surface area contributed by atoms with E-state index in [0.29, 0.717) is 19.6 Å². The first-order valence-electron chi connectivity index (χ1n) is 6.94. The molecule has 2 aliphatic rings. The third-order valence-corrected chi connectivity index (χ3v) is 4.10. The highest BCUT2D eigenvalue weighted by Gasteiger charge is 2.48. The van der Waals surface area contributed by atoms with Crippen LogP contribution in [0.15, 0.2) is 24.3 Å². The van der Waals surface area contributed by atoms with Crippen LogP contribution in [-0.4, -0.2) is 47.7 Å². The number of morpholine rings is 1. The molecule has 1 amide bonds. The van der Waals surface area contributed by atoms with Crippen LogP contribution in [0, 0.1) is 11.7 Å². The number of carbonyl (C=O) groups is 2. The van der Waals surface area contributed by atoms with Gasteiger partial charge in [-0.15, -0.1) is 0 Å². The summed E-state index contributed by atoms with van der Waals surface area (Å²) in [6.07, 6.45) is 0.689. The number of carboxylic acids is 1. The van der Waals surface area contributed by atoms with E-state index in [1.165, 1.54) is 17.0 Å². The average Bonchev–Trinajstić information content (AvgIpc) is 3.27. The van der Waals surface area contributed by atoms with Gasteiger partial charge in [0.25, 0.3) is 0 Å². The van der Waals surface area contributed by atoms with Crippen molar-refractivity contribution in [3.8, 4) is 0 Å². The second-order valence-electron chi connectivity index (χ2n) is 5.46. The van der Waals surface area contributed by atoms with E-state index in [0.717, 1.165) is 5.56 Å². The zero-order valence-corrected chi connectivity index (χ0v) is 11.4. The van der Waals surface area contributed by atoms with Gasteiger partial charge in [0.15, 0.2) is 6.04 Å². The Bertz CT molecular complexity index is 559. The number of amides is 1. The Balaban J connectivity index is 1.69. The van der Waals surface area contributed by atoms with Gasteiger partial charge in [0, 0.05) is 12.5 Å².